The van der Waals surface area contributed by atoms with E-state index in [4.69, 9.17) is 14.5 Å². The monoisotopic (exact) mass is 1550 g/mol. The molecule has 0 saturated carbocycles. The van der Waals surface area contributed by atoms with E-state index < -0.39 is 19.1 Å². The smallest absolute Gasteiger partial charge is 0.535 e. The Balaban J connectivity index is 0.000000147. The summed E-state index contributed by atoms with van der Waals surface area (Å²) in [6, 6.07) is 36.6. The number of hydrogen-bond acceptors (Lipinski definition) is 21. The van der Waals surface area contributed by atoms with Crippen LogP contribution in [-0.4, -0.2) is 130 Å². The highest BCUT2D eigenvalue weighted by Crippen LogP contribution is 2.32. The summed E-state index contributed by atoms with van der Waals surface area (Å²) in [7, 11) is 3.52. The zero-order valence-electron chi connectivity index (χ0n) is 59.4. The fraction of sp³-hybridized carbons (Fsp3) is 0.158. The van der Waals surface area contributed by atoms with E-state index in [0.29, 0.717) is 112 Å². The number of rotatable bonds is 21. The van der Waals surface area contributed by atoms with Gasteiger partial charge in [-0.15, -0.1) is 39.5 Å². The number of aromatic nitrogens is 17. The Bertz CT molecular complexity index is 5920. The summed E-state index contributed by atoms with van der Waals surface area (Å²) in [4.78, 5) is 58.8. The van der Waals surface area contributed by atoms with Crippen LogP contribution in [0.3, 0.4) is 0 Å². The molecule has 0 amide bonds. The molecule has 15 aromatic rings. The fourth-order valence-electron chi connectivity index (χ4n) is 11.2. The van der Waals surface area contributed by atoms with Gasteiger partial charge in [-0.1, -0.05) is 78.9 Å². The number of fused-ring (bicyclic) bond motifs is 3. The predicted octanol–water partition coefficient (Wildman–Crippen LogP) is 12.8. The van der Waals surface area contributed by atoms with Crippen LogP contribution in [0.2, 0.25) is 0 Å². The molecular formula is C76H60BF9N17O10. The molecule has 0 aliphatic heterocycles. The van der Waals surface area contributed by atoms with Gasteiger partial charge in [-0.2, -0.15) is 40.6 Å². The SMILES string of the molecule is COc1ncc(-c2cnn(CCn3ncc4ccc(-c5ccc(OC(F)(F)F)cc5)cc4c3=O)c2)cn1.COc1ncc(O[B]O)cn1.Cc1cnn(CCn2ncc3ccc(-c4ccc(OC(F)(F)F)cc4)cc3c2=O)c1.O=c1c2cc(-c3ccc(OC(F)(F)F)cc3)ccc2cnn1CCn1cc(-c2cccnc2)cn1. The zero-order valence-corrected chi connectivity index (χ0v) is 59.4. The van der Waals surface area contributed by atoms with Crippen LogP contribution in [0.5, 0.6) is 35.0 Å². The van der Waals surface area contributed by atoms with Crippen LogP contribution in [0.15, 0.2) is 247 Å². The molecule has 1 radical (unpaired) electrons. The molecule has 575 valence electrons. The molecule has 15 rings (SSSR count). The summed E-state index contributed by atoms with van der Waals surface area (Å²) in [5.41, 5.74) is 7.76. The first-order chi connectivity index (χ1) is 54.3. The molecule has 27 nitrogen and oxygen atoms in total. The van der Waals surface area contributed by atoms with Crippen molar-refractivity contribution in [2.24, 2.45) is 0 Å². The highest BCUT2D eigenvalue weighted by atomic mass is 19.4. The van der Waals surface area contributed by atoms with Gasteiger partial charge in [0.25, 0.3) is 16.7 Å². The predicted molar refractivity (Wildman–Crippen MR) is 394 cm³/mol. The Hall–Kier alpha value is -14.1. The molecule has 0 atom stereocenters. The van der Waals surface area contributed by atoms with Crippen molar-refractivity contribution in [1.29, 1.82) is 0 Å². The van der Waals surface area contributed by atoms with E-state index in [2.05, 4.69) is 74.4 Å². The first kappa shape index (κ1) is 78.5. The Kier molecular flexibility index (Phi) is 24.3. The van der Waals surface area contributed by atoms with Crippen molar-refractivity contribution in [2.75, 3.05) is 14.2 Å². The lowest BCUT2D eigenvalue weighted by molar-refractivity contribution is -0.275. The van der Waals surface area contributed by atoms with Crippen LogP contribution in [-0.2, 0) is 39.3 Å². The van der Waals surface area contributed by atoms with E-state index in [9.17, 15) is 53.9 Å². The molecule has 0 bridgehead atoms. The van der Waals surface area contributed by atoms with Crippen LogP contribution < -0.4 is 45.0 Å². The Morgan fingerprint density at radius 3 is 1.05 bits per heavy atom. The van der Waals surface area contributed by atoms with E-state index in [-0.39, 0.29) is 52.5 Å². The second kappa shape index (κ2) is 35.1. The van der Waals surface area contributed by atoms with Crippen LogP contribution in [0.25, 0.3) is 88.0 Å². The van der Waals surface area contributed by atoms with E-state index in [1.54, 1.807) is 131 Å². The molecule has 6 aromatic carbocycles. The molecule has 9 heterocycles. The summed E-state index contributed by atoms with van der Waals surface area (Å²) in [6.45, 7) is 4.25. The van der Waals surface area contributed by atoms with Gasteiger partial charge >= 0.3 is 38.8 Å². The first-order valence-corrected chi connectivity index (χ1v) is 33.7. The zero-order chi connectivity index (χ0) is 79.8. The Labute approximate surface area is 633 Å². The minimum atomic E-state index is -4.76. The number of halogens is 9. The molecule has 0 aliphatic carbocycles. The van der Waals surface area contributed by atoms with Gasteiger partial charge in [0, 0.05) is 81.8 Å². The summed E-state index contributed by atoms with van der Waals surface area (Å²) >= 11 is 0. The normalized spacial score (nSPS) is 11.4. The lowest BCUT2D eigenvalue weighted by Gasteiger charge is -2.10. The Morgan fingerprint density at radius 2 is 0.717 bits per heavy atom. The summed E-state index contributed by atoms with van der Waals surface area (Å²) < 4.78 is 147. The maximum Gasteiger partial charge on any atom is 0.573 e. The largest absolute Gasteiger partial charge is 0.573 e. The molecule has 113 heavy (non-hydrogen) atoms. The topological polar surface area (TPSA) is 298 Å². The summed E-state index contributed by atoms with van der Waals surface area (Å²) in [5, 5.41) is 37.2. The molecule has 0 unspecified atom stereocenters. The van der Waals surface area contributed by atoms with Crippen LogP contribution >= 0.6 is 0 Å². The third kappa shape index (κ3) is 21.2. The number of pyridine rings is 1. The number of methoxy groups -OCH3 is 2. The van der Waals surface area contributed by atoms with Crippen molar-refractivity contribution >= 4 is 40.0 Å². The molecule has 0 aliphatic rings. The molecule has 0 saturated heterocycles. The van der Waals surface area contributed by atoms with Crippen molar-refractivity contribution < 1.29 is 72.9 Å². The molecule has 1 N–H and O–H groups in total. The van der Waals surface area contributed by atoms with Gasteiger partial charge in [0.1, 0.15) is 23.0 Å². The van der Waals surface area contributed by atoms with Gasteiger partial charge in [0.15, 0.2) is 0 Å². The number of aryl methyl sites for hydroxylation is 7. The highest BCUT2D eigenvalue weighted by molar-refractivity contribution is 6.17. The van der Waals surface area contributed by atoms with Crippen molar-refractivity contribution in [3.8, 4) is 90.7 Å². The highest BCUT2D eigenvalue weighted by Gasteiger charge is 2.33. The average molecular weight is 1550 g/mol. The van der Waals surface area contributed by atoms with Crippen LogP contribution in [0, 0.1) is 6.92 Å². The van der Waals surface area contributed by atoms with Crippen molar-refractivity contribution in [1.82, 2.24) is 83.6 Å². The van der Waals surface area contributed by atoms with E-state index >= 15 is 0 Å². The van der Waals surface area contributed by atoms with Crippen LogP contribution in [0.1, 0.15) is 5.56 Å². The van der Waals surface area contributed by atoms with Crippen LogP contribution in [0.4, 0.5) is 39.5 Å². The minimum absolute atomic E-state index is 0.241. The van der Waals surface area contributed by atoms with Gasteiger partial charge in [-0.3, -0.25) is 33.4 Å². The maximum atomic E-state index is 13.1. The first-order valence-electron chi connectivity index (χ1n) is 33.7. The van der Waals surface area contributed by atoms with Crippen molar-refractivity contribution in [2.45, 2.75) is 65.3 Å². The Morgan fingerprint density at radius 1 is 0.363 bits per heavy atom. The summed E-state index contributed by atoms with van der Waals surface area (Å²) in [5.74, 6) is -0.565. The second-order valence-corrected chi connectivity index (χ2v) is 24.2. The van der Waals surface area contributed by atoms with Gasteiger partial charge < -0.3 is 33.4 Å². The molecule has 0 spiro atoms. The number of alkyl halides is 9. The second-order valence-electron chi connectivity index (χ2n) is 24.2. The average Bonchev–Trinajstić information content (AvgIpc) is 1.39. The van der Waals surface area contributed by atoms with E-state index in [1.807, 2.05) is 37.6 Å². The molecule has 9 aromatic heterocycles. The van der Waals surface area contributed by atoms with Gasteiger partial charge in [-0.25, -0.2) is 24.0 Å². The number of benzene rings is 6. The van der Waals surface area contributed by atoms with Gasteiger partial charge in [0.2, 0.25) is 0 Å². The lowest BCUT2D eigenvalue weighted by atomic mass is 10.0. The third-order valence-electron chi connectivity index (χ3n) is 16.6. The quantitative estimate of drug-likeness (QED) is 0.0516. The number of hydrogen-bond donors (Lipinski definition) is 1. The third-order valence-corrected chi connectivity index (χ3v) is 16.6. The summed E-state index contributed by atoms with van der Waals surface area (Å²) in [6.07, 6.45) is 10.8. The molecule has 0 fully saturated rings. The van der Waals surface area contributed by atoms with Crippen molar-refractivity contribution in [3.05, 3.63) is 269 Å². The minimum Gasteiger partial charge on any atom is -0.535 e. The van der Waals surface area contributed by atoms with E-state index in [1.165, 1.54) is 113 Å². The van der Waals surface area contributed by atoms with Gasteiger partial charge in [0.05, 0.1) is 119 Å². The number of nitrogens with zero attached hydrogens (tertiary/aromatic N) is 17. The van der Waals surface area contributed by atoms with Crippen molar-refractivity contribution in [3.63, 3.8) is 0 Å². The molecular weight excluding hydrogens is 1490 g/mol. The standard InChI is InChI=1S/C25H19F3N6O3.C25H18F3N5O2.C21H17F3N4O2.C5H6BN2O3/c1-36-24-29-11-19(12-30-24)20-14-31-33(15-20)8-9-34-23(35)22-10-17(2-3-18(22)13-32-34)16-4-6-21(7-5-16)37-25(26,27)28;26-25(27,28)35-22-7-5-17(6-8-22)18-3-4-20-14-31-33(24(34)23(20)12-18)11-10-32-16-21(15-30-32)19-2-1-9-29-13-19;1-14-11-25-27(13-14)8-9-28-20(29)19-10-16(2-3-17(19)12-26-28)15-4-6-18(7-5-15)30-21(22,23)24;1-10-5-7-2-4(3-8-5)11-6-9/h2-7,10-15H,8-9H2,1H3;1-9,12-16H,10-11H2;2-7,10-13H,8-9H2,1H3;2-3,9H,1H3. The molecule has 37 heteroatoms. The maximum absolute atomic E-state index is 13.1. The number of ether oxygens (including phenoxy) is 5. The van der Waals surface area contributed by atoms with Gasteiger partial charge in [-0.05, 0) is 107 Å². The van der Waals surface area contributed by atoms with E-state index in [0.717, 1.165) is 27.8 Å². The lowest BCUT2D eigenvalue weighted by Crippen LogP contribution is -2.25. The fourth-order valence-corrected chi connectivity index (χ4v) is 11.2.